The average Bonchev–Trinajstić information content (AvgIpc) is 4.09. The van der Waals surface area contributed by atoms with Gasteiger partial charge in [-0.05, 0) is 68.1 Å². The molecule has 0 spiro atoms. The Morgan fingerprint density at radius 2 is 1.58 bits per heavy atom. The zero-order chi connectivity index (χ0) is 49.0. The summed E-state index contributed by atoms with van der Waals surface area (Å²) in [6.45, 7) is 0.926. The van der Waals surface area contributed by atoms with E-state index in [0.29, 0.717) is 63.7 Å². The van der Waals surface area contributed by atoms with E-state index in [4.69, 9.17) is 18.7 Å². The molecule has 0 bridgehead atoms. The van der Waals surface area contributed by atoms with Gasteiger partial charge in [0.2, 0.25) is 11.7 Å². The summed E-state index contributed by atoms with van der Waals surface area (Å²) in [7, 11) is 3.71. The molecule has 4 amide bonds. The Kier molecular flexibility index (Phi) is 14.2. The first-order valence-electron chi connectivity index (χ1n) is 22.0. The van der Waals surface area contributed by atoms with Crippen LogP contribution in [0.1, 0.15) is 74.1 Å². The second kappa shape index (κ2) is 20.4. The van der Waals surface area contributed by atoms with Gasteiger partial charge in [-0.1, -0.05) is 0 Å². The second-order valence-electron chi connectivity index (χ2n) is 16.5. The van der Waals surface area contributed by atoms with Crippen molar-refractivity contribution < 1.29 is 52.2 Å². The number of ether oxygens (including phenoxy) is 3. The molecule has 362 valence electrons. The van der Waals surface area contributed by atoms with Gasteiger partial charge in [-0.25, -0.2) is 9.55 Å². The molecule has 8 rings (SSSR count). The monoisotopic (exact) mass is 965 g/mol. The summed E-state index contributed by atoms with van der Waals surface area (Å²) in [5.74, 6) is -0.937. The quantitative estimate of drug-likeness (QED) is 0.0495. The summed E-state index contributed by atoms with van der Waals surface area (Å²) in [6.07, 6.45) is 11.4. The highest BCUT2D eigenvalue weighted by molar-refractivity contribution is 7.54. The van der Waals surface area contributed by atoms with Crippen molar-refractivity contribution in [2.24, 2.45) is 26.1 Å². The van der Waals surface area contributed by atoms with Crippen LogP contribution in [0, 0.1) is 0 Å². The van der Waals surface area contributed by atoms with Gasteiger partial charge < -0.3 is 53.7 Å². The van der Waals surface area contributed by atoms with E-state index in [-0.39, 0.29) is 73.0 Å². The first-order chi connectivity index (χ1) is 33.1. The Bertz CT molecular complexity index is 3040. The number of carbonyl (C=O) groups excluding carboxylic acids is 5. The zero-order valence-corrected chi connectivity index (χ0v) is 39.4. The lowest BCUT2D eigenvalue weighted by Gasteiger charge is -2.32. The second-order valence-corrected chi connectivity index (χ2v) is 18.0. The van der Waals surface area contributed by atoms with E-state index in [0.717, 1.165) is 19.3 Å². The van der Waals surface area contributed by atoms with Crippen LogP contribution in [0.3, 0.4) is 0 Å². The lowest BCUT2D eigenvalue weighted by Crippen LogP contribution is -2.43. The fourth-order valence-corrected chi connectivity index (χ4v) is 9.03. The number of fused-ring (bicyclic) bond motifs is 3. The predicted octanol–water partition coefficient (Wildman–Crippen LogP) is 5.94. The summed E-state index contributed by atoms with van der Waals surface area (Å²) in [4.78, 5) is 87.7. The van der Waals surface area contributed by atoms with Crippen LogP contribution in [-0.4, -0.2) is 115 Å². The minimum absolute atomic E-state index is 0.00402. The van der Waals surface area contributed by atoms with E-state index in [1.54, 1.807) is 80.7 Å². The first-order valence-corrected chi connectivity index (χ1v) is 23.6. The normalized spacial score (nSPS) is 15.2. The molecule has 1 unspecified atom stereocenters. The molecule has 0 aliphatic carbocycles. The molecule has 6 heterocycles. The topological polar surface area (TPSA) is 256 Å². The first kappa shape index (κ1) is 48.0. The molecule has 0 saturated carbocycles. The van der Waals surface area contributed by atoms with Crippen LogP contribution >= 0.6 is 7.75 Å². The number of carbonyl (C=O) groups is 5. The van der Waals surface area contributed by atoms with E-state index in [1.807, 2.05) is 11.1 Å². The minimum atomic E-state index is -4.15. The van der Waals surface area contributed by atoms with Gasteiger partial charge in [-0.15, -0.1) is 0 Å². The maximum atomic E-state index is 13.7. The smallest absolute Gasteiger partial charge is 0.430 e. The number of benzene rings is 2. The Balaban J connectivity index is 0.828. The molecule has 2 aliphatic heterocycles. The summed E-state index contributed by atoms with van der Waals surface area (Å²) >= 11 is 0. The van der Waals surface area contributed by atoms with Crippen LogP contribution in [0.25, 0.3) is 10.9 Å². The molecule has 23 heteroatoms. The van der Waals surface area contributed by atoms with Crippen molar-refractivity contribution in [2.75, 3.05) is 61.6 Å². The number of nitrogens with one attached hydrogen (secondary N) is 4. The standard InChI is InChI=1S/C46H52N11O11P/c1-53-25-30(20-36(53)43(59)48-31-21-37(54(2)26-31)46(62)57-15-13-28-19-29(11-12-35(28)57)52-69(63,64)68-18-17-65-4)49-44(60)42-51-40(27-55(42)3)50-41(58)10-8-16-67-39-23-34-33(22-38(39)66-5)45(61)56-14-7-6-9-32(56)24-47-34/h11-13,15,19-27,32H,6-10,14,16-18H2,1-5H3,(H,48,59)(H,49,60)(H,50,58)(H2,52,63,64)/t32-/m0/s1. The molecule has 4 aromatic heterocycles. The number of aliphatic imine (C=N–C) groups is 1. The maximum Gasteiger partial charge on any atom is 0.430 e. The molecule has 0 radical (unpaired) electrons. The third kappa shape index (κ3) is 10.8. The summed E-state index contributed by atoms with van der Waals surface area (Å²) in [5, 5.41) is 11.4. The number of methoxy groups -OCH3 is 2. The number of imidazole rings is 1. The number of piperidine rings is 1. The van der Waals surface area contributed by atoms with E-state index in [9.17, 15) is 33.4 Å². The summed E-state index contributed by atoms with van der Waals surface area (Å²) in [5.41, 5.74) is 2.94. The minimum Gasteiger partial charge on any atom is -0.493 e. The van der Waals surface area contributed by atoms with Gasteiger partial charge >= 0.3 is 7.75 Å². The average molecular weight is 966 g/mol. The highest BCUT2D eigenvalue weighted by Crippen LogP contribution is 2.42. The fraction of sp³-hybridized carbons (Fsp3) is 0.326. The summed E-state index contributed by atoms with van der Waals surface area (Å²) < 4.78 is 39.8. The van der Waals surface area contributed by atoms with Crippen molar-refractivity contribution in [2.45, 2.75) is 38.1 Å². The third-order valence-electron chi connectivity index (χ3n) is 11.6. The van der Waals surface area contributed by atoms with Crippen LogP contribution in [0.15, 0.2) is 78.3 Å². The van der Waals surface area contributed by atoms with Gasteiger partial charge in [-0.2, -0.15) is 0 Å². The van der Waals surface area contributed by atoms with Crippen LogP contribution in [-0.2, 0) is 39.8 Å². The molecule has 69 heavy (non-hydrogen) atoms. The third-order valence-corrected chi connectivity index (χ3v) is 12.6. The lowest BCUT2D eigenvalue weighted by molar-refractivity contribution is -0.116. The molecular weight excluding hydrogens is 914 g/mol. The lowest BCUT2D eigenvalue weighted by atomic mass is 10.0. The number of hydrogen-bond donors (Lipinski definition) is 5. The number of aromatic nitrogens is 5. The van der Waals surface area contributed by atoms with E-state index >= 15 is 0 Å². The molecule has 2 aliphatic rings. The van der Waals surface area contributed by atoms with Gasteiger partial charge in [0.25, 0.3) is 23.6 Å². The number of rotatable bonds is 18. The van der Waals surface area contributed by atoms with E-state index < -0.39 is 19.6 Å². The Hall–Kier alpha value is -7.52. The number of hydrogen-bond acceptors (Lipinski definition) is 12. The molecule has 1 fully saturated rings. The molecule has 1 saturated heterocycles. The molecule has 5 N–H and O–H groups in total. The fourth-order valence-electron chi connectivity index (χ4n) is 8.18. The molecule has 2 atom stereocenters. The van der Waals surface area contributed by atoms with E-state index in [2.05, 4.69) is 31.0 Å². The maximum absolute atomic E-state index is 13.7. The van der Waals surface area contributed by atoms with Gasteiger partial charge in [0, 0.05) is 89.4 Å². The van der Waals surface area contributed by atoms with Crippen molar-refractivity contribution in [3.05, 3.63) is 96.1 Å². The predicted molar refractivity (Wildman–Crippen MR) is 256 cm³/mol. The van der Waals surface area contributed by atoms with Crippen molar-refractivity contribution >= 4 is 83.0 Å². The Labute approximate surface area is 395 Å². The van der Waals surface area contributed by atoms with Crippen molar-refractivity contribution in [1.29, 1.82) is 0 Å². The van der Waals surface area contributed by atoms with Gasteiger partial charge in [-0.3, -0.25) is 43.1 Å². The highest BCUT2D eigenvalue weighted by atomic mass is 31.2. The molecular formula is C46H52N11O11P. The number of nitrogens with zero attached hydrogens (tertiary/aromatic N) is 7. The summed E-state index contributed by atoms with van der Waals surface area (Å²) in [6, 6.07) is 12.8. The Morgan fingerprint density at radius 3 is 2.35 bits per heavy atom. The number of amides is 4. The van der Waals surface area contributed by atoms with Gasteiger partial charge in [0.1, 0.15) is 11.4 Å². The molecule has 2 aromatic carbocycles. The number of aryl methyl sites for hydroxylation is 3. The van der Waals surface area contributed by atoms with Gasteiger partial charge in [0.15, 0.2) is 17.3 Å². The van der Waals surface area contributed by atoms with Crippen molar-refractivity contribution in [1.82, 2.24) is 28.2 Å². The highest BCUT2D eigenvalue weighted by Gasteiger charge is 2.31. The van der Waals surface area contributed by atoms with Crippen molar-refractivity contribution in [3.8, 4) is 11.5 Å². The SMILES string of the molecule is COCCOP(=O)(O)Nc1ccc2c(ccn2C(=O)c2cc(NC(=O)c3cc(NC(=O)c4nc(NC(=O)CCCOc5cc6c(cc5OC)C(=O)N5CCCC[C@H]5C=N6)cn4C)cn3C)cn2C)c1. The largest absolute Gasteiger partial charge is 0.493 e. The van der Waals surface area contributed by atoms with Crippen LogP contribution in [0.4, 0.5) is 28.6 Å². The van der Waals surface area contributed by atoms with Crippen molar-refractivity contribution in [3.63, 3.8) is 0 Å². The van der Waals surface area contributed by atoms with Crippen LogP contribution < -0.4 is 30.5 Å². The van der Waals surface area contributed by atoms with Crippen LogP contribution in [0.2, 0.25) is 0 Å². The van der Waals surface area contributed by atoms with E-state index in [1.165, 1.54) is 46.3 Å². The Morgan fingerprint density at radius 1 is 0.826 bits per heavy atom. The number of anilines is 4. The zero-order valence-electron chi connectivity index (χ0n) is 38.6. The molecule has 6 aromatic rings. The van der Waals surface area contributed by atoms with Crippen LogP contribution in [0.5, 0.6) is 11.5 Å². The van der Waals surface area contributed by atoms with Gasteiger partial charge in [0.05, 0.1) is 61.1 Å². The molecule has 22 nitrogen and oxygen atoms in total.